The summed E-state index contributed by atoms with van der Waals surface area (Å²) in [6.07, 6.45) is 1.71. The highest BCUT2D eigenvalue weighted by Crippen LogP contribution is 2.42. The summed E-state index contributed by atoms with van der Waals surface area (Å²) in [5.74, 6) is -1.85. The largest absolute Gasteiger partial charge is 0.454 e. The van der Waals surface area contributed by atoms with Gasteiger partial charge in [-0.3, -0.25) is 19.3 Å². The smallest absolute Gasteiger partial charge is 0.326 e. The van der Waals surface area contributed by atoms with E-state index in [9.17, 15) is 19.2 Å². The lowest BCUT2D eigenvalue weighted by Crippen LogP contribution is -2.46. The van der Waals surface area contributed by atoms with Gasteiger partial charge in [-0.2, -0.15) is 5.26 Å². The normalized spacial score (nSPS) is 21.9. The molecule has 1 saturated carbocycles. The average molecular weight is 376 g/mol. The predicted molar refractivity (Wildman–Crippen MR) is 90.0 cm³/mol. The van der Waals surface area contributed by atoms with Crippen LogP contribution >= 0.6 is 11.3 Å². The summed E-state index contributed by atoms with van der Waals surface area (Å²) in [6.45, 7) is 0.519. The van der Waals surface area contributed by atoms with E-state index in [1.54, 1.807) is 18.4 Å². The second kappa shape index (κ2) is 6.76. The molecule has 2 fully saturated rings. The molecule has 1 saturated heterocycles. The van der Waals surface area contributed by atoms with Gasteiger partial charge in [0.25, 0.3) is 11.8 Å². The van der Waals surface area contributed by atoms with E-state index >= 15 is 0 Å². The van der Waals surface area contributed by atoms with Crippen LogP contribution < -0.4 is 10.6 Å². The van der Waals surface area contributed by atoms with Crippen molar-refractivity contribution in [2.45, 2.75) is 25.3 Å². The van der Waals surface area contributed by atoms with Gasteiger partial charge < -0.3 is 15.4 Å². The number of hydrogen-bond acceptors (Lipinski definition) is 7. The number of carbonyl (C=O) groups is 4. The number of imide groups is 1. The van der Waals surface area contributed by atoms with E-state index in [1.807, 2.05) is 6.07 Å². The van der Waals surface area contributed by atoms with Crippen LogP contribution in [0.3, 0.4) is 0 Å². The van der Waals surface area contributed by atoms with Crippen molar-refractivity contribution < 1.29 is 23.9 Å². The van der Waals surface area contributed by atoms with Gasteiger partial charge in [0.2, 0.25) is 0 Å². The Labute approximate surface area is 152 Å². The highest BCUT2D eigenvalue weighted by Gasteiger charge is 2.56. The number of amides is 4. The maximum absolute atomic E-state index is 12.4. The standard InChI is InChI=1S/C16H16N4O5S/c1-16(10-2-3-10)14(23)20(15(24)19-16)7-12(22)25-8-11(21)18-13-9(6-17)4-5-26-13/h4-5,10H,2-3,7-8H2,1H3,(H,18,21)(H,19,24)/t16-/m1/s1. The molecule has 0 aromatic carbocycles. The third-order valence-electron chi connectivity index (χ3n) is 4.39. The molecule has 0 spiro atoms. The first-order chi connectivity index (χ1) is 12.3. The molecule has 0 bridgehead atoms. The first-order valence-electron chi connectivity index (χ1n) is 7.92. The van der Waals surface area contributed by atoms with E-state index in [4.69, 9.17) is 10.00 Å². The molecule has 0 unspecified atom stereocenters. The second-order valence-electron chi connectivity index (χ2n) is 6.28. The van der Waals surface area contributed by atoms with Gasteiger partial charge in [-0.15, -0.1) is 11.3 Å². The van der Waals surface area contributed by atoms with Crippen molar-refractivity contribution in [2.24, 2.45) is 5.92 Å². The van der Waals surface area contributed by atoms with Crippen molar-refractivity contribution in [3.63, 3.8) is 0 Å². The number of anilines is 1. The van der Waals surface area contributed by atoms with Crippen LogP contribution in [0.5, 0.6) is 0 Å². The van der Waals surface area contributed by atoms with E-state index in [-0.39, 0.29) is 5.92 Å². The molecule has 1 aliphatic heterocycles. The van der Waals surface area contributed by atoms with Crippen molar-refractivity contribution in [1.29, 1.82) is 5.26 Å². The molecule has 136 valence electrons. The van der Waals surface area contributed by atoms with Gasteiger partial charge in [-0.25, -0.2) is 4.79 Å². The number of nitrogens with one attached hydrogen (secondary N) is 2. The predicted octanol–water partition coefficient (Wildman–Crippen LogP) is 0.822. The molecule has 2 N–H and O–H groups in total. The van der Waals surface area contributed by atoms with Crippen LogP contribution in [-0.2, 0) is 19.1 Å². The zero-order chi connectivity index (χ0) is 18.9. The number of carbonyl (C=O) groups excluding carboxylic acids is 4. The summed E-state index contributed by atoms with van der Waals surface area (Å²) in [6, 6.07) is 2.85. The number of ether oxygens (including phenoxy) is 1. The molecule has 10 heteroatoms. The molecule has 1 aliphatic carbocycles. The van der Waals surface area contributed by atoms with Gasteiger partial charge in [0.05, 0.1) is 5.56 Å². The lowest BCUT2D eigenvalue weighted by Gasteiger charge is -2.20. The summed E-state index contributed by atoms with van der Waals surface area (Å²) in [4.78, 5) is 48.9. The summed E-state index contributed by atoms with van der Waals surface area (Å²) in [7, 11) is 0. The highest BCUT2D eigenvalue weighted by molar-refractivity contribution is 7.14. The fourth-order valence-electron chi connectivity index (χ4n) is 2.77. The minimum atomic E-state index is -0.971. The van der Waals surface area contributed by atoms with Crippen molar-refractivity contribution in [1.82, 2.24) is 10.2 Å². The van der Waals surface area contributed by atoms with Gasteiger partial charge in [0, 0.05) is 0 Å². The Morgan fingerprint density at radius 2 is 2.23 bits per heavy atom. The van der Waals surface area contributed by atoms with Gasteiger partial charge >= 0.3 is 12.0 Å². The first-order valence-corrected chi connectivity index (χ1v) is 8.80. The minimum Gasteiger partial charge on any atom is -0.454 e. The van der Waals surface area contributed by atoms with Crippen LogP contribution in [0.15, 0.2) is 11.4 Å². The van der Waals surface area contributed by atoms with E-state index in [0.717, 1.165) is 17.7 Å². The third-order valence-corrected chi connectivity index (χ3v) is 5.21. The fourth-order valence-corrected chi connectivity index (χ4v) is 3.53. The van der Waals surface area contributed by atoms with Crippen LogP contribution in [0.4, 0.5) is 9.80 Å². The lowest BCUT2D eigenvalue weighted by molar-refractivity contribution is -0.150. The molecular weight excluding hydrogens is 360 g/mol. The maximum Gasteiger partial charge on any atom is 0.326 e. The number of rotatable bonds is 6. The summed E-state index contributed by atoms with van der Waals surface area (Å²) < 4.78 is 4.83. The Hall–Kier alpha value is -2.93. The van der Waals surface area contributed by atoms with Crippen LogP contribution in [0.2, 0.25) is 0 Å². The van der Waals surface area contributed by atoms with Crippen LogP contribution in [0, 0.1) is 17.2 Å². The van der Waals surface area contributed by atoms with Crippen LogP contribution in [-0.4, -0.2) is 47.4 Å². The third kappa shape index (κ3) is 3.39. The van der Waals surface area contributed by atoms with Crippen molar-refractivity contribution in [3.8, 4) is 6.07 Å². The number of nitriles is 1. The van der Waals surface area contributed by atoms with Crippen LogP contribution in [0.25, 0.3) is 0 Å². The minimum absolute atomic E-state index is 0.0888. The summed E-state index contributed by atoms with van der Waals surface area (Å²) >= 11 is 1.17. The van der Waals surface area contributed by atoms with E-state index in [0.29, 0.717) is 10.6 Å². The second-order valence-corrected chi connectivity index (χ2v) is 7.20. The zero-order valence-corrected chi connectivity index (χ0v) is 14.7. The number of esters is 1. The molecule has 2 heterocycles. The number of thiophene rings is 1. The SMILES string of the molecule is C[C@]1(C2CC2)NC(=O)N(CC(=O)OCC(=O)Nc2sccc2C#N)C1=O. The van der Waals surface area contributed by atoms with Gasteiger partial charge in [-0.05, 0) is 37.1 Å². The monoisotopic (exact) mass is 376 g/mol. The molecular formula is C16H16N4O5S. The molecule has 1 atom stereocenters. The molecule has 0 radical (unpaired) electrons. The van der Waals surface area contributed by atoms with E-state index < -0.39 is 42.5 Å². The average Bonchev–Trinajstić information content (AvgIpc) is 3.33. The Morgan fingerprint density at radius 1 is 1.50 bits per heavy atom. The molecule has 9 nitrogen and oxygen atoms in total. The Bertz CT molecular complexity index is 825. The molecule has 3 rings (SSSR count). The Balaban J connectivity index is 1.50. The summed E-state index contributed by atoms with van der Waals surface area (Å²) in [5, 5.41) is 16.0. The number of nitrogens with zero attached hydrogens (tertiary/aromatic N) is 2. The molecule has 26 heavy (non-hydrogen) atoms. The van der Waals surface area contributed by atoms with Gasteiger partial charge in [0.1, 0.15) is 23.2 Å². The fraction of sp³-hybridized carbons (Fsp3) is 0.438. The lowest BCUT2D eigenvalue weighted by atomic mass is 9.96. The van der Waals surface area contributed by atoms with E-state index in [2.05, 4.69) is 10.6 Å². The molecule has 4 amide bonds. The van der Waals surface area contributed by atoms with E-state index in [1.165, 1.54) is 11.3 Å². The van der Waals surface area contributed by atoms with Gasteiger partial charge in [0.15, 0.2) is 6.61 Å². The zero-order valence-electron chi connectivity index (χ0n) is 13.9. The maximum atomic E-state index is 12.4. The Kier molecular flexibility index (Phi) is 4.65. The van der Waals surface area contributed by atoms with Crippen LogP contribution in [0.1, 0.15) is 25.3 Å². The van der Waals surface area contributed by atoms with Crippen molar-refractivity contribution in [2.75, 3.05) is 18.5 Å². The highest BCUT2D eigenvalue weighted by atomic mass is 32.1. The number of hydrogen-bond donors (Lipinski definition) is 2. The van der Waals surface area contributed by atoms with Crippen molar-refractivity contribution in [3.05, 3.63) is 17.0 Å². The summed E-state index contributed by atoms with van der Waals surface area (Å²) in [5.41, 5.74) is -0.657. The quantitative estimate of drug-likeness (QED) is 0.559. The van der Waals surface area contributed by atoms with Crippen molar-refractivity contribution >= 4 is 40.2 Å². The van der Waals surface area contributed by atoms with Gasteiger partial charge in [-0.1, -0.05) is 0 Å². The topological polar surface area (TPSA) is 129 Å². The Morgan fingerprint density at radius 3 is 2.88 bits per heavy atom. The first kappa shape index (κ1) is 17.9. The molecule has 2 aliphatic rings. The number of urea groups is 1. The molecule has 1 aromatic rings. The molecule has 1 aromatic heterocycles.